The third-order valence-electron chi connectivity index (χ3n) is 3.76. The maximum Gasteiger partial charge on any atom is 0.323 e. The van der Waals surface area contributed by atoms with E-state index in [1.165, 1.54) is 0 Å². The minimum absolute atomic E-state index is 0.0771. The molecule has 0 fully saturated rings. The van der Waals surface area contributed by atoms with E-state index in [1.54, 1.807) is 23.2 Å². The van der Waals surface area contributed by atoms with Gasteiger partial charge in [-0.05, 0) is 18.2 Å². The van der Waals surface area contributed by atoms with Crippen molar-refractivity contribution in [2.45, 2.75) is 6.54 Å². The van der Waals surface area contributed by atoms with E-state index >= 15 is 0 Å². The van der Waals surface area contributed by atoms with Crippen LogP contribution in [0.2, 0.25) is 0 Å². The number of hydrogen-bond donors (Lipinski definition) is 2. The maximum absolute atomic E-state index is 11.0. The van der Waals surface area contributed by atoms with Gasteiger partial charge in [0, 0.05) is 30.2 Å². The lowest BCUT2D eigenvalue weighted by Crippen LogP contribution is -2.08. The number of fused-ring (bicyclic) bond motifs is 3. The molecule has 0 saturated carbocycles. The standard InChI is InChI=1S/C15H13N5O2/c1-19-14-9(7-17-19)6-16-15-10(14)5-11(18-15)12-3-2-4-20(12)8-13(21)22/h2-7H,8H2,1H3,(H,16,18)(H,21,22). The number of H-pyrrole nitrogens is 1. The lowest BCUT2D eigenvalue weighted by atomic mass is 10.2. The first-order valence-electron chi connectivity index (χ1n) is 6.80. The summed E-state index contributed by atoms with van der Waals surface area (Å²) >= 11 is 0. The Morgan fingerprint density at radius 1 is 1.41 bits per heavy atom. The Morgan fingerprint density at radius 2 is 2.27 bits per heavy atom. The molecule has 7 heteroatoms. The predicted molar refractivity (Wildman–Crippen MR) is 81.4 cm³/mol. The van der Waals surface area contributed by atoms with Gasteiger partial charge >= 0.3 is 5.97 Å². The number of nitrogens with one attached hydrogen (secondary N) is 1. The monoisotopic (exact) mass is 295 g/mol. The molecule has 0 spiro atoms. The van der Waals surface area contributed by atoms with E-state index in [0.717, 1.165) is 33.3 Å². The highest BCUT2D eigenvalue weighted by Crippen LogP contribution is 2.28. The number of aromatic amines is 1. The summed E-state index contributed by atoms with van der Waals surface area (Å²) < 4.78 is 3.50. The Hall–Kier alpha value is -3.09. The van der Waals surface area contributed by atoms with E-state index in [0.29, 0.717) is 0 Å². The average Bonchev–Trinajstić information content (AvgIpc) is 3.15. The van der Waals surface area contributed by atoms with Crippen molar-refractivity contribution in [1.29, 1.82) is 0 Å². The van der Waals surface area contributed by atoms with Gasteiger partial charge in [-0.2, -0.15) is 5.10 Å². The Bertz CT molecular complexity index is 1010. The average molecular weight is 295 g/mol. The Morgan fingerprint density at radius 3 is 3.09 bits per heavy atom. The van der Waals surface area contributed by atoms with Crippen LogP contribution in [0.4, 0.5) is 0 Å². The molecule has 0 atom stereocenters. The zero-order valence-electron chi connectivity index (χ0n) is 11.8. The van der Waals surface area contributed by atoms with Crippen molar-refractivity contribution in [3.8, 4) is 11.4 Å². The van der Waals surface area contributed by atoms with Gasteiger partial charge in [0.05, 0.1) is 23.1 Å². The molecule has 2 N–H and O–H groups in total. The van der Waals surface area contributed by atoms with Gasteiger partial charge in [-0.15, -0.1) is 0 Å². The van der Waals surface area contributed by atoms with Crippen LogP contribution in [-0.4, -0.2) is 35.4 Å². The summed E-state index contributed by atoms with van der Waals surface area (Å²) in [6.45, 7) is -0.0771. The summed E-state index contributed by atoms with van der Waals surface area (Å²) in [5.41, 5.74) is 3.41. The van der Waals surface area contributed by atoms with Crippen LogP contribution in [0.25, 0.3) is 33.3 Å². The second kappa shape index (κ2) is 4.45. The lowest BCUT2D eigenvalue weighted by molar-refractivity contribution is -0.137. The van der Waals surface area contributed by atoms with Gasteiger partial charge in [0.2, 0.25) is 0 Å². The second-order valence-electron chi connectivity index (χ2n) is 5.19. The highest BCUT2D eigenvalue weighted by atomic mass is 16.4. The van der Waals surface area contributed by atoms with Crippen LogP contribution in [-0.2, 0) is 18.4 Å². The van der Waals surface area contributed by atoms with Crippen LogP contribution in [0.1, 0.15) is 0 Å². The number of carbonyl (C=O) groups is 1. The van der Waals surface area contributed by atoms with Crippen LogP contribution in [0.15, 0.2) is 36.8 Å². The van der Waals surface area contributed by atoms with Crippen LogP contribution in [0, 0.1) is 0 Å². The number of pyridine rings is 1. The number of rotatable bonds is 3. The normalized spacial score (nSPS) is 11.5. The van der Waals surface area contributed by atoms with Crippen LogP contribution in [0.3, 0.4) is 0 Å². The molecule has 4 rings (SSSR count). The number of aromatic nitrogens is 5. The molecule has 0 aliphatic carbocycles. The summed E-state index contributed by atoms with van der Waals surface area (Å²) in [6.07, 6.45) is 5.31. The molecule has 4 aromatic heterocycles. The van der Waals surface area contributed by atoms with E-state index in [1.807, 2.05) is 29.9 Å². The van der Waals surface area contributed by atoms with Crippen LogP contribution in [0.5, 0.6) is 0 Å². The van der Waals surface area contributed by atoms with Crippen molar-refractivity contribution < 1.29 is 9.90 Å². The molecule has 0 amide bonds. The fourth-order valence-electron chi connectivity index (χ4n) is 2.82. The van der Waals surface area contributed by atoms with Gasteiger partial charge in [-0.25, -0.2) is 4.98 Å². The largest absolute Gasteiger partial charge is 0.480 e. The van der Waals surface area contributed by atoms with Crippen molar-refractivity contribution in [3.63, 3.8) is 0 Å². The van der Waals surface area contributed by atoms with Crippen molar-refractivity contribution in [2.24, 2.45) is 7.05 Å². The van der Waals surface area contributed by atoms with E-state index in [4.69, 9.17) is 5.11 Å². The molecule has 0 unspecified atom stereocenters. The first kappa shape index (κ1) is 12.6. The Balaban J connectivity index is 1.93. The molecular weight excluding hydrogens is 282 g/mol. The van der Waals surface area contributed by atoms with Gasteiger partial charge in [0.1, 0.15) is 12.2 Å². The summed E-state index contributed by atoms with van der Waals surface area (Å²) in [5.74, 6) is -0.874. The zero-order valence-corrected chi connectivity index (χ0v) is 11.8. The van der Waals surface area contributed by atoms with Crippen molar-refractivity contribution in [1.82, 2.24) is 24.3 Å². The molecule has 0 saturated heterocycles. The molecule has 7 nitrogen and oxygen atoms in total. The smallest absolute Gasteiger partial charge is 0.323 e. The fraction of sp³-hybridized carbons (Fsp3) is 0.133. The number of aryl methyl sites for hydroxylation is 1. The topological polar surface area (TPSA) is 88.7 Å². The van der Waals surface area contributed by atoms with E-state index in [9.17, 15) is 4.79 Å². The van der Waals surface area contributed by atoms with Gasteiger partial charge in [-0.1, -0.05) is 0 Å². The zero-order chi connectivity index (χ0) is 15.3. The molecule has 4 aromatic rings. The SMILES string of the molecule is Cn1ncc2cnc3[nH]c(-c4cccn4CC(=O)O)cc3c21. The first-order chi connectivity index (χ1) is 10.6. The second-order valence-corrected chi connectivity index (χ2v) is 5.19. The summed E-state index contributed by atoms with van der Waals surface area (Å²) in [4.78, 5) is 18.6. The minimum Gasteiger partial charge on any atom is -0.480 e. The predicted octanol–water partition coefficient (Wildman–Crippen LogP) is 2.00. The Kier molecular flexibility index (Phi) is 2.56. The lowest BCUT2D eigenvalue weighted by Gasteiger charge is -2.04. The van der Waals surface area contributed by atoms with E-state index in [2.05, 4.69) is 15.1 Å². The molecule has 0 aliphatic heterocycles. The number of aliphatic carboxylic acids is 1. The first-order valence-corrected chi connectivity index (χ1v) is 6.80. The maximum atomic E-state index is 11.0. The molecule has 0 bridgehead atoms. The van der Waals surface area contributed by atoms with Crippen LogP contribution < -0.4 is 0 Å². The molecule has 22 heavy (non-hydrogen) atoms. The van der Waals surface area contributed by atoms with Crippen LogP contribution >= 0.6 is 0 Å². The Labute approximate surface area is 124 Å². The van der Waals surface area contributed by atoms with Gasteiger partial charge in [0.25, 0.3) is 0 Å². The van der Waals surface area contributed by atoms with Crippen molar-refractivity contribution in [3.05, 3.63) is 36.8 Å². The molecule has 0 aromatic carbocycles. The van der Waals surface area contributed by atoms with E-state index in [-0.39, 0.29) is 6.54 Å². The molecule has 0 radical (unpaired) electrons. The summed E-state index contributed by atoms with van der Waals surface area (Å²) in [6, 6.07) is 5.70. The number of nitrogens with zero attached hydrogens (tertiary/aromatic N) is 4. The highest BCUT2D eigenvalue weighted by Gasteiger charge is 2.13. The third-order valence-corrected chi connectivity index (χ3v) is 3.76. The van der Waals surface area contributed by atoms with Gasteiger partial charge in [0.15, 0.2) is 0 Å². The molecule has 4 heterocycles. The number of carboxylic acid groups (broad SMARTS) is 1. The quantitative estimate of drug-likeness (QED) is 0.605. The molecular formula is C15H13N5O2. The fourth-order valence-corrected chi connectivity index (χ4v) is 2.82. The van der Waals surface area contributed by atoms with Crippen molar-refractivity contribution >= 4 is 27.9 Å². The van der Waals surface area contributed by atoms with E-state index < -0.39 is 5.97 Å². The van der Waals surface area contributed by atoms with Gasteiger partial charge < -0.3 is 14.7 Å². The van der Waals surface area contributed by atoms with Crippen molar-refractivity contribution in [2.75, 3.05) is 0 Å². The van der Waals surface area contributed by atoms with Gasteiger partial charge in [-0.3, -0.25) is 9.48 Å². The minimum atomic E-state index is -0.874. The number of hydrogen-bond acceptors (Lipinski definition) is 3. The third kappa shape index (κ3) is 1.79. The summed E-state index contributed by atoms with van der Waals surface area (Å²) in [5, 5.41) is 15.2. The number of carboxylic acids is 1. The molecule has 110 valence electrons. The highest BCUT2D eigenvalue weighted by molar-refractivity contribution is 6.03. The molecule has 0 aliphatic rings. The summed E-state index contributed by atoms with van der Waals surface area (Å²) in [7, 11) is 1.89.